The Bertz CT molecular complexity index is 549. The summed E-state index contributed by atoms with van der Waals surface area (Å²) in [7, 11) is 0. The summed E-state index contributed by atoms with van der Waals surface area (Å²) in [6, 6.07) is 8.11. The highest BCUT2D eigenvalue weighted by Gasteiger charge is 2.18. The molecule has 1 aromatic heterocycles. The molecule has 104 valence electrons. The lowest BCUT2D eigenvalue weighted by Gasteiger charge is -2.20. The Labute approximate surface area is 112 Å². The first-order valence-electron chi connectivity index (χ1n) is 6.56. The fraction of sp³-hybridized carbons (Fsp3) is 0.500. The van der Waals surface area contributed by atoms with E-state index in [1.807, 2.05) is 16.8 Å². The van der Waals surface area contributed by atoms with E-state index in [4.69, 9.17) is 5.11 Å². The summed E-state index contributed by atoms with van der Waals surface area (Å²) in [6.07, 6.45) is 0. The summed E-state index contributed by atoms with van der Waals surface area (Å²) < 4.78 is 1.97. The van der Waals surface area contributed by atoms with Gasteiger partial charge in [-0.05, 0) is 19.9 Å². The molecule has 5 heteroatoms. The molecule has 0 fully saturated rings. The molecule has 0 aliphatic heterocycles. The lowest BCUT2D eigenvalue weighted by atomic mass is 10.1. The van der Waals surface area contributed by atoms with Crippen molar-refractivity contribution in [2.75, 3.05) is 13.2 Å². The predicted molar refractivity (Wildman–Crippen MR) is 74.8 cm³/mol. The fourth-order valence-corrected chi connectivity index (χ4v) is 2.07. The average molecular weight is 263 g/mol. The third-order valence-corrected chi connectivity index (χ3v) is 3.17. The number of rotatable bonds is 6. The van der Waals surface area contributed by atoms with Gasteiger partial charge in [-0.3, -0.25) is 4.68 Å². The molecule has 1 aromatic carbocycles. The van der Waals surface area contributed by atoms with Crippen LogP contribution in [0.2, 0.25) is 0 Å². The van der Waals surface area contributed by atoms with E-state index >= 15 is 0 Å². The summed E-state index contributed by atoms with van der Waals surface area (Å²) in [5.41, 5.74) is 0.991. The maximum Gasteiger partial charge on any atom is 0.0972 e. The molecule has 3 N–H and O–H groups in total. The highest BCUT2D eigenvalue weighted by Crippen LogP contribution is 2.18. The van der Waals surface area contributed by atoms with Crippen LogP contribution >= 0.6 is 0 Å². The second-order valence-electron chi connectivity index (χ2n) is 5.04. The molecule has 2 rings (SSSR count). The molecule has 0 aliphatic carbocycles. The number of hydrogen-bond acceptors (Lipinski definition) is 4. The Balaban J connectivity index is 2.13. The largest absolute Gasteiger partial charge is 0.393 e. The number of nitrogens with zero attached hydrogens (tertiary/aromatic N) is 2. The number of nitrogens with one attached hydrogen (secondary N) is 1. The van der Waals surface area contributed by atoms with E-state index < -0.39 is 5.60 Å². The monoisotopic (exact) mass is 263 g/mol. The van der Waals surface area contributed by atoms with Gasteiger partial charge in [-0.2, -0.15) is 5.10 Å². The lowest BCUT2D eigenvalue weighted by molar-refractivity contribution is 0.00249. The van der Waals surface area contributed by atoms with Crippen molar-refractivity contribution in [2.24, 2.45) is 0 Å². The molecule has 1 atom stereocenters. The van der Waals surface area contributed by atoms with E-state index in [1.165, 1.54) is 0 Å². The van der Waals surface area contributed by atoms with Crippen molar-refractivity contribution in [3.05, 3.63) is 30.0 Å². The number of hydrogen-bond donors (Lipinski definition) is 3. The minimum atomic E-state index is -1.09. The number of aliphatic hydroxyl groups excluding tert-OH is 1. The number of aromatic nitrogens is 2. The van der Waals surface area contributed by atoms with Gasteiger partial charge in [0.25, 0.3) is 0 Å². The van der Waals surface area contributed by atoms with E-state index in [9.17, 15) is 5.11 Å². The maximum absolute atomic E-state index is 9.73. The van der Waals surface area contributed by atoms with Gasteiger partial charge in [0.05, 0.1) is 23.4 Å². The zero-order valence-electron chi connectivity index (χ0n) is 11.4. The van der Waals surface area contributed by atoms with Gasteiger partial charge in [0, 0.05) is 25.0 Å². The van der Waals surface area contributed by atoms with Gasteiger partial charge in [-0.1, -0.05) is 18.2 Å². The molecule has 19 heavy (non-hydrogen) atoms. The number of benzene rings is 1. The first kappa shape index (κ1) is 14.0. The zero-order valence-corrected chi connectivity index (χ0v) is 11.4. The minimum absolute atomic E-state index is 0.260. The van der Waals surface area contributed by atoms with Crippen LogP contribution in [0.5, 0.6) is 0 Å². The van der Waals surface area contributed by atoms with E-state index in [-0.39, 0.29) is 6.61 Å². The van der Waals surface area contributed by atoms with Gasteiger partial charge in [-0.15, -0.1) is 0 Å². The Hall–Kier alpha value is -1.43. The predicted octanol–water partition coefficient (Wildman–Crippen LogP) is 0.889. The van der Waals surface area contributed by atoms with Crippen LogP contribution in [-0.2, 0) is 13.1 Å². The zero-order chi connectivity index (χ0) is 13.9. The molecule has 0 saturated carbocycles. The quantitative estimate of drug-likeness (QED) is 0.724. The van der Waals surface area contributed by atoms with Gasteiger partial charge in [-0.25, -0.2) is 0 Å². The van der Waals surface area contributed by atoms with Gasteiger partial charge in [0.2, 0.25) is 0 Å². The van der Waals surface area contributed by atoms with Crippen LogP contribution in [0.4, 0.5) is 0 Å². The molecule has 0 radical (unpaired) electrons. The van der Waals surface area contributed by atoms with Crippen molar-refractivity contribution in [2.45, 2.75) is 32.5 Å². The van der Waals surface area contributed by atoms with E-state index in [1.54, 1.807) is 6.92 Å². The first-order chi connectivity index (χ1) is 9.07. The maximum atomic E-state index is 9.73. The number of fused-ring (bicyclic) bond motifs is 1. The molecule has 5 nitrogen and oxygen atoms in total. The molecule has 1 heterocycles. The smallest absolute Gasteiger partial charge is 0.0972 e. The molecular weight excluding hydrogens is 242 g/mol. The molecule has 2 aromatic rings. The molecule has 0 aliphatic rings. The van der Waals surface area contributed by atoms with Crippen LogP contribution < -0.4 is 5.32 Å². The van der Waals surface area contributed by atoms with Crippen molar-refractivity contribution in [1.82, 2.24) is 15.1 Å². The molecule has 1 unspecified atom stereocenters. The molecule has 0 saturated heterocycles. The second kappa shape index (κ2) is 5.69. The summed E-state index contributed by atoms with van der Waals surface area (Å²) in [5.74, 6) is 0. The SMILES string of the molecule is CCn1nc(CNCC(C)(O)CO)c2ccccc21. The normalized spacial score (nSPS) is 14.7. The van der Waals surface area contributed by atoms with Gasteiger partial charge in [0.15, 0.2) is 0 Å². The highest BCUT2D eigenvalue weighted by atomic mass is 16.3. The summed E-state index contributed by atoms with van der Waals surface area (Å²) in [6.45, 7) is 5.13. The average Bonchev–Trinajstić information content (AvgIpc) is 2.77. The van der Waals surface area contributed by atoms with Gasteiger partial charge < -0.3 is 15.5 Å². The van der Waals surface area contributed by atoms with Crippen molar-refractivity contribution in [3.63, 3.8) is 0 Å². The summed E-state index contributed by atoms with van der Waals surface area (Å²) in [4.78, 5) is 0. The number of aliphatic hydroxyl groups is 2. The Kier molecular flexibility index (Phi) is 4.19. The van der Waals surface area contributed by atoms with E-state index in [0.717, 1.165) is 23.1 Å². The van der Waals surface area contributed by atoms with Crippen molar-refractivity contribution in [1.29, 1.82) is 0 Å². The number of aryl methyl sites for hydroxylation is 1. The highest BCUT2D eigenvalue weighted by molar-refractivity contribution is 5.81. The minimum Gasteiger partial charge on any atom is -0.393 e. The van der Waals surface area contributed by atoms with Crippen LogP contribution in [0.25, 0.3) is 10.9 Å². The van der Waals surface area contributed by atoms with Crippen LogP contribution in [0.3, 0.4) is 0 Å². The van der Waals surface area contributed by atoms with Crippen molar-refractivity contribution < 1.29 is 10.2 Å². The Morgan fingerprint density at radius 3 is 2.79 bits per heavy atom. The number of para-hydroxylation sites is 1. The molecule has 0 spiro atoms. The van der Waals surface area contributed by atoms with Crippen LogP contribution in [0, 0.1) is 0 Å². The Morgan fingerprint density at radius 2 is 2.11 bits per heavy atom. The Morgan fingerprint density at radius 1 is 1.37 bits per heavy atom. The molecule has 0 bridgehead atoms. The second-order valence-corrected chi connectivity index (χ2v) is 5.04. The third-order valence-electron chi connectivity index (χ3n) is 3.17. The first-order valence-corrected chi connectivity index (χ1v) is 6.56. The fourth-order valence-electron chi connectivity index (χ4n) is 2.07. The van der Waals surface area contributed by atoms with E-state index in [2.05, 4.69) is 29.5 Å². The topological polar surface area (TPSA) is 70.3 Å². The lowest BCUT2D eigenvalue weighted by Crippen LogP contribution is -2.40. The van der Waals surface area contributed by atoms with E-state index in [0.29, 0.717) is 13.1 Å². The van der Waals surface area contributed by atoms with Gasteiger partial charge in [0.1, 0.15) is 0 Å². The van der Waals surface area contributed by atoms with Crippen molar-refractivity contribution >= 4 is 10.9 Å². The van der Waals surface area contributed by atoms with Crippen LogP contribution in [-0.4, -0.2) is 38.7 Å². The van der Waals surface area contributed by atoms with Crippen molar-refractivity contribution in [3.8, 4) is 0 Å². The third kappa shape index (κ3) is 3.12. The standard InChI is InChI=1S/C14H21N3O2/c1-3-17-13-7-5-4-6-11(13)12(16-17)8-15-9-14(2,19)10-18/h4-7,15,18-19H,3,8-10H2,1-2H3. The van der Waals surface area contributed by atoms with Crippen LogP contribution in [0.1, 0.15) is 19.5 Å². The van der Waals surface area contributed by atoms with Crippen LogP contribution in [0.15, 0.2) is 24.3 Å². The molecule has 0 amide bonds. The summed E-state index contributed by atoms with van der Waals surface area (Å²) in [5, 5.41) is 27.5. The molecular formula is C14H21N3O2. The van der Waals surface area contributed by atoms with Gasteiger partial charge >= 0.3 is 0 Å². The summed E-state index contributed by atoms with van der Waals surface area (Å²) >= 11 is 0.